The summed E-state index contributed by atoms with van der Waals surface area (Å²) < 4.78 is 0.862. The highest BCUT2D eigenvalue weighted by Crippen LogP contribution is 2.19. The van der Waals surface area contributed by atoms with E-state index >= 15 is 0 Å². The molecule has 1 aromatic rings. The Labute approximate surface area is 85.6 Å². The van der Waals surface area contributed by atoms with E-state index in [1.54, 1.807) is 12.4 Å². The SMILES string of the molecule is CC(C)(CON)c1ncc(Br)cn1. The predicted molar refractivity (Wildman–Crippen MR) is 52.9 cm³/mol. The summed E-state index contributed by atoms with van der Waals surface area (Å²) in [6.45, 7) is 4.35. The fraction of sp³-hybridized carbons (Fsp3) is 0.500. The third kappa shape index (κ3) is 2.72. The lowest BCUT2D eigenvalue weighted by atomic mass is 9.94. The van der Waals surface area contributed by atoms with Gasteiger partial charge in [0, 0.05) is 17.8 Å². The van der Waals surface area contributed by atoms with Gasteiger partial charge < -0.3 is 4.84 Å². The summed E-state index contributed by atoms with van der Waals surface area (Å²) in [5.74, 6) is 5.74. The summed E-state index contributed by atoms with van der Waals surface area (Å²) in [6.07, 6.45) is 3.42. The molecule has 0 saturated carbocycles. The van der Waals surface area contributed by atoms with E-state index in [0.29, 0.717) is 6.61 Å². The molecule has 5 heteroatoms. The molecule has 0 saturated heterocycles. The van der Waals surface area contributed by atoms with E-state index in [1.165, 1.54) is 0 Å². The van der Waals surface area contributed by atoms with Crippen LogP contribution in [0.3, 0.4) is 0 Å². The molecule has 72 valence electrons. The molecule has 0 radical (unpaired) electrons. The molecule has 1 rings (SSSR count). The maximum atomic E-state index is 5.02. The summed E-state index contributed by atoms with van der Waals surface area (Å²) >= 11 is 3.27. The second kappa shape index (κ2) is 4.13. The van der Waals surface area contributed by atoms with Crippen LogP contribution >= 0.6 is 15.9 Å². The average Bonchev–Trinajstić information content (AvgIpc) is 2.05. The maximum absolute atomic E-state index is 5.02. The number of halogens is 1. The van der Waals surface area contributed by atoms with Crippen LogP contribution in [-0.2, 0) is 10.3 Å². The van der Waals surface area contributed by atoms with Crippen LogP contribution in [0, 0.1) is 0 Å². The van der Waals surface area contributed by atoms with Gasteiger partial charge in [-0.25, -0.2) is 15.9 Å². The summed E-state index contributed by atoms with van der Waals surface area (Å²) in [6, 6.07) is 0. The van der Waals surface area contributed by atoms with Gasteiger partial charge >= 0.3 is 0 Å². The van der Waals surface area contributed by atoms with E-state index in [0.717, 1.165) is 10.3 Å². The first-order valence-corrected chi connectivity index (χ1v) is 4.65. The Hall–Kier alpha value is -0.520. The minimum atomic E-state index is -0.255. The molecule has 1 aromatic heterocycles. The topological polar surface area (TPSA) is 61.0 Å². The third-order valence-electron chi connectivity index (χ3n) is 1.67. The van der Waals surface area contributed by atoms with Gasteiger partial charge in [0.15, 0.2) is 0 Å². The lowest BCUT2D eigenvalue weighted by Crippen LogP contribution is -2.28. The Morgan fingerprint density at radius 2 is 2.00 bits per heavy atom. The van der Waals surface area contributed by atoms with Gasteiger partial charge in [-0.1, -0.05) is 13.8 Å². The summed E-state index contributed by atoms with van der Waals surface area (Å²) in [7, 11) is 0. The third-order valence-corrected chi connectivity index (χ3v) is 2.08. The molecule has 0 unspecified atom stereocenters. The molecule has 2 N–H and O–H groups in total. The monoisotopic (exact) mass is 245 g/mol. The van der Waals surface area contributed by atoms with Gasteiger partial charge in [-0.15, -0.1) is 0 Å². The van der Waals surface area contributed by atoms with Crippen LogP contribution in [-0.4, -0.2) is 16.6 Å². The second-order valence-corrected chi connectivity index (χ2v) is 4.34. The van der Waals surface area contributed by atoms with E-state index in [1.807, 2.05) is 13.8 Å². The average molecular weight is 246 g/mol. The van der Waals surface area contributed by atoms with Crippen molar-refractivity contribution in [3.8, 4) is 0 Å². The smallest absolute Gasteiger partial charge is 0.136 e. The Morgan fingerprint density at radius 3 is 2.46 bits per heavy atom. The van der Waals surface area contributed by atoms with Gasteiger partial charge in [-0.2, -0.15) is 0 Å². The number of nitrogens with zero attached hydrogens (tertiary/aromatic N) is 2. The lowest BCUT2D eigenvalue weighted by Gasteiger charge is -2.20. The first-order chi connectivity index (χ1) is 6.06. The Balaban J connectivity index is 2.87. The quantitative estimate of drug-likeness (QED) is 0.819. The van der Waals surface area contributed by atoms with Gasteiger partial charge in [0.2, 0.25) is 0 Å². The molecule has 1 heterocycles. The number of hydrogen-bond donors (Lipinski definition) is 1. The number of rotatable bonds is 3. The van der Waals surface area contributed by atoms with Crippen molar-refractivity contribution in [2.24, 2.45) is 5.90 Å². The molecule has 0 aliphatic rings. The van der Waals surface area contributed by atoms with Crippen molar-refractivity contribution in [2.45, 2.75) is 19.3 Å². The summed E-state index contributed by atoms with van der Waals surface area (Å²) in [4.78, 5) is 12.9. The molecule has 0 aliphatic heterocycles. The van der Waals surface area contributed by atoms with Crippen LogP contribution < -0.4 is 5.90 Å². The minimum absolute atomic E-state index is 0.255. The normalized spacial score (nSPS) is 11.7. The molecule has 4 nitrogen and oxygen atoms in total. The van der Waals surface area contributed by atoms with E-state index in [4.69, 9.17) is 5.90 Å². The van der Waals surface area contributed by atoms with Gasteiger partial charge in [0.05, 0.1) is 11.1 Å². The molecule has 13 heavy (non-hydrogen) atoms. The zero-order valence-electron chi connectivity index (χ0n) is 7.62. The van der Waals surface area contributed by atoms with Crippen LogP contribution in [0.2, 0.25) is 0 Å². The maximum Gasteiger partial charge on any atom is 0.136 e. The van der Waals surface area contributed by atoms with Crippen molar-refractivity contribution in [1.29, 1.82) is 0 Å². The fourth-order valence-corrected chi connectivity index (χ4v) is 1.14. The number of hydrogen-bond acceptors (Lipinski definition) is 4. The van der Waals surface area contributed by atoms with Crippen LogP contribution in [0.1, 0.15) is 19.7 Å². The zero-order valence-corrected chi connectivity index (χ0v) is 9.21. The molecular formula is C8H12BrN3O. The minimum Gasteiger partial charge on any atom is -0.304 e. The first-order valence-electron chi connectivity index (χ1n) is 3.86. The van der Waals surface area contributed by atoms with Crippen molar-refractivity contribution in [2.75, 3.05) is 6.61 Å². The van der Waals surface area contributed by atoms with Gasteiger partial charge in [-0.05, 0) is 15.9 Å². The van der Waals surface area contributed by atoms with Crippen molar-refractivity contribution < 1.29 is 4.84 Å². The molecule has 0 atom stereocenters. The van der Waals surface area contributed by atoms with Crippen molar-refractivity contribution in [3.63, 3.8) is 0 Å². The summed E-state index contributed by atoms with van der Waals surface area (Å²) in [5, 5.41) is 0. The fourth-order valence-electron chi connectivity index (χ4n) is 0.935. The molecule has 0 aromatic carbocycles. The zero-order chi connectivity index (χ0) is 9.90. The number of aromatic nitrogens is 2. The Bertz CT molecular complexity index is 273. The largest absolute Gasteiger partial charge is 0.304 e. The number of nitrogens with two attached hydrogens (primary N) is 1. The molecule has 0 fully saturated rings. The van der Waals surface area contributed by atoms with Crippen LogP contribution in [0.5, 0.6) is 0 Å². The second-order valence-electron chi connectivity index (χ2n) is 3.42. The van der Waals surface area contributed by atoms with E-state index < -0.39 is 0 Å². The first kappa shape index (κ1) is 10.6. The Morgan fingerprint density at radius 1 is 1.46 bits per heavy atom. The van der Waals surface area contributed by atoms with Gasteiger partial charge in [-0.3, -0.25) is 0 Å². The highest BCUT2D eigenvalue weighted by molar-refractivity contribution is 9.10. The molecular weight excluding hydrogens is 234 g/mol. The van der Waals surface area contributed by atoms with Crippen LogP contribution in [0.15, 0.2) is 16.9 Å². The van der Waals surface area contributed by atoms with E-state index in [2.05, 4.69) is 30.7 Å². The standard InChI is InChI=1S/C8H12BrN3O/c1-8(2,5-13-10)7-11-3-6(9)4-12-7/h3-4H,5,10H2,1-2H3. The van der Waals surface area contributed by atoms with Crippen molar-refractivity contribution in [3.05, 3.63) is 22.7 Å². The lowest BCUT2D eigenvalue weighted by molar-refractivity contribution is 0.0932. The molecule has 0 spiro atoms. The highest BCUT2D eigenvalue weighted by atomic mass is 79.9. The predicted octanol–water partition coefficient (Wildman–Crippen LogP) is 1.41. The van der Waals surface area contributed by atoms with Crippen LogP contribution in [0.4, 0.5) is 0 Å². The van der Waals surface area contributed by atoms with E-state index in [9.17, 15) is 0 Å². The Kier molecular flexibility index (Phi) is 3.35. The van der Waals surface area contributed by atoms with Gasteiger partial charge in [0.25, 0.3) is 0 Å². The molecule has 0 amide bonds. The van der Waals surface area contributed by atoms with Crippen molar-refractivity contribution >= 4 is 15.9 Å². The van der Waals surface area contributed by atoms with Gasteiger partial charge in [0.1, 0.15) is 5.82 Å². The molecule has 0 bridgehead atoms. The molecule has 0 aliphatic carbocycles. The van der Waals surface area contributed by atoms with Crippen molar-refractivity contribution in [1.82, 2.24) is 9.97 Å². The van der Waals surface area contributed by atoms with Crippen LogP contribution in [0.25, 0.3) is 0 Å². The summed E-state index contributed by atoms with van der Waals surface area (Å²) in [5.41, 5.74) is -0.255. The van der Waals surface area contributed by atoms with E-state index in [-0.39, 0.29) is 5.41 Å². The highest BCUT2D eigenvalue weighted by Gasteiger charge is 2.23.